The summed E-state index contributed by atoms with van der Waals surface area (Å²) in [6, 6.07) is 7.88. The molecule has 1 aromatic heterocycles. The SMILES string of the molecule is Cc1ccc(NC(C)C(=O)Nc2ccc3[nH]c(=O)[nH]c3c2)cc1C(F)(F)F. The Hall–Kier alpha value is -3.23. The van der Waals surface area contributed by atoms with Crippen LogP contribution in [0.3, 0.4) is 0 Å². The number of rotatable bonds is 4. The highest BCUT2D eigenvalue weighted by Gasteiger charge is 2.32. The number of fused-ring (bicyclic) bond motifs is 1. The number of H-pyrrole nitrogens is 2. The van der Waals surface area contributed by atoms with E-state index in [9.17, 15) is 22.8 Å². The highest BCUT2D eigenvalue weighted by Crippen LogP contribution is 2.33. The summed E-state index contributed by atoms with van der Waals surface area (Å²) < 4.78 is 39.0. The van der Waals surface area contributed by atoms with Gasteiger partial charge in [-0.25, -0.2) is 4.79 Å². The van der Waals surface area contributed by atoms with Crippen molar-refractivity contribution in [3.63, 3.8) is 0 Å². The third-order valence-corrected chi connectivity index (χ3v) is 4.10. The zero-order valence-electron chi connectivity index (χ0n) is 14.5. The smallest absolute Gasteiger partial charge is 0.374 e. The van der Waals surface area contributed by atoms with Crippen LogP contribution in [-0.4, -0.2) is 21.9 Å². The summed E-state index contributed by atoms with van der Waals surface area (Å²) in [6.07, 6.45) is -4.46. The zero-order chi connectivity index (χ0) is 19.8. The molecule has 0 aliphatic rings. The Labute approximate surface area is 151 Å². The Morgan fingerprint density at radius 3 is 2.41 bits per heavy atom. The number of benzene rings is 2. The van der Waals surface area contributed by atoms with E-state index in [-0.39, 0.29) is 16.9 Å². The standard InChI is InChI=1S/C18H17F3N4O2/c1-9-3-4-11(7-13(9)18(19,20)21)22-10(2)16(26)23-12-5-6-14-15(8-12)25-17(27)24-14/h3-8,10,22H,1-2H3,(H,23,26)(H2,24,25,27). The van der Waals surface area contributed by atoms with Crippen molar-refractivity contribution in [3.8, 4) is 0 Å². The van der Waals surface area contributed by atoms with Gasteiger partial charge in [-0.2, -0.15) is 13.2 Å². The number of aryl methyl sites for hydroxylation is 1. The lowest BCUT2D eigenvalue weighted by atomic mass is 10.1. The number of nitrogens with one attached hydrogen (secondary N) is 4. The average molecular weight is 378 g/mol. The van der Waals surface area contributed by atoms with E-state index in [0.29, 0.717) is 16.7 Å². The number of hydrogen-bond acceptors (Lipinski definition) is 3. The minimum absolute atomic E-state index is 0.110. The molecule has 6 nitrogen and oxygen atoms in total. The van der Waals surface area contributed by atoms with Gasteiger partial charge in [0.2, 0.25) is 5.91 Å². The minimum atomic E-state index is -4.46. The van der Waals surface area contributed by atoms with Crippen LogP contribution in [0, 0.1) is 6.92 Å². The molecule has 0 saturated heterocycles. The maximum absolute atomic E-state index is 13.0. The van der Waals surface area contributed by atoms with Gasteiger partial charge in [0.15, 0.2) is 0 Å². The number of anilines is 2. The number of alkyl halides is 3. The molecular weight excluding hydrogens is 361 g/mol. The van der Waals surface area contributed by atoms with E-state index in [4.69, 9.17) is 0 Å². The second kappa shape index (κ2) is 6.82. The van der Waals surface area contributed by atoms with Crippen molar-refractivity contribution in [2.45, 2.75) is 26.1 Å². The highest BCUT2D eigenvalue weighted by atomic mass is 19.4. The van der Waals surface area contributed by atoms with E-state index >= 15 is 0 Å². The second-order valence-corrected chi connectivity index (χ2v) is 6.22. The van der Waals surface area contributed by atoms with Gasteiger partial charge in [-0.3, -0.25) is 4.79 Å². The molecule has 1 heterocycles. The first-order valence-electron chi connectivity index (χ1n) is 8.11. The molecule has 0 radical (unpaired) electrons. The number of amides is 1. The zero-order valence-corrected chi connectivity index (χ0v) is 14.5. The van der Waals surface area contributed by atoms with E-state index in [1.807, 2.05) is 0 Å². The summed E-state index contributed by atoms with van der Waals surface area (Å²) in [4.78, 5) is 28.8. The Morgan fingerprint density at radius 2 is 1.70 bits per heavy atom. The second-order valence-electron chi connectivity index (χ2n) is 6.22. The average Bonchev–Trinajstić information content (AvgIpc) is 2.94. The molecule has 4 N–H and O–H groups in total. The molecule has 2 aromatic carbocycles. The van der Waals surface area contributed by atoms with Gasteiger partial charge in [-0.15, -0.1) is 0 Å². The Bertz CT molecular complexity index is 1050. The molecule has 0 fully saturated rings. The Balaban J connectivity index is 1.72. The molecule has 0 saturated carbocycles. The number of carbonyl (C=O) groups excluding carboxylic acids is 1. The van der Waals surface area contributed by atoms with Crippen LogP contribution < -0.4 is 16.3 Å². The van der Waals surface area contributed by atoms with Crippen LogP contribution in [-0.2, 0) is 11.0 Å². The fourth-order valence-corrected chi connectivity index (χ4v) is 2.69. The number of aromatic nitrogens is 2. The third kappa shape index (κ3) is 4.13. The van der Waals surface area contributed by atoms with Crippen molar-refractivity contribution in [2.75, 3.05) is 10.6 Å². The summed E-state index contributed by atoms with van der Waals surface area (Å²) in [5, 5.41) is 5.43. The maximum Gasteiger partial charge on any atom is 0.416 e. The van der Waals surface area contributed by atoms with Crippen LogP contribution in [0.15, 0.2) is 41.2 Å². The number of hydrogen-bond donors (Lipinski definition) is 4. The van der Waals surface area contributed by atoms with Gasteiger partial charge < -0.3 is 20.6 Å². The van der Waals surface area contributed by atoms with Crippen LogP contribution in [0.4, 0.5) is 24.5 Å². The van der Waals surface area contributed by atoms with E-state index in [2.05, 4.69) is 20.6 Å². The monoisotopic (exact) mass is 378 g/mol. The van der Waals surface area contributed by atoms with E-state index in [1.165, 1.54) is 19.1 Å². The minimum Gasteiger partial charge on any atom is -0.374 e. The maximum atomic E-state index is 13.0. The molecule has 3 aromatic rings. The van der Waals surface area contributed by atoms with Crippen LogP contribution >= 0.6 is 0 Å². The van der Waals surface area contributed by atoms with Crippen LogP contribution in [0.25, 0.3) is 11.0 Å². The normalized spacial score (nSPS) is 12.8. The van der Waals surface area contributed by atoms with Gasteiger partial charge >= 0.3 is 11.9 Å². The van der Waals surface area contributed by atoms with Crippen molar-refractivity contribution >= 4 is 28.3 Å². The molecular formula is C18H17F3N4O2. The van der Waals surface area contributed by atoms with E-state index in [0.717, 1.165) is 6.07 Å². The number of carbonyl (C=O) groups is 1. The first-order chi connectivity index (χ1) is 12.6. The molecule has 0 aliphatic heterocycles. The Kier molecular flexibility index (Phi) is 4.69. The van der Waals surface area contributed by atoms with Gasteiger partial charge in [0.05, 0.1) is 16.6 Å². The van der Waals surface area contributed by atoms with Gasteiger partial charge in [0.1, 0.15) is 6.04 Å². The molecule has 1 unspecified atom stereocenters. The summed E-state index contributed by atoms with van der Waals surface area (Å²) in [6.45, 7) is 2.92. The van der Waals surface area contributed by atoms with Crippen molar-refractivity contribution in [2.24, 2.45) is 0 Å². The molecule has 142 valence electrons. The van der Waals surface area contributed by atoms with Crippen LogP contribution in [0.5, 0.6) is 0 Å². The highest BCUT2D eigenvalue weighted by molar-refractivity contribution is 5.97. The van der Waals surface area contributed by atoms with Crippen LogP contribution in [0.1, 0.15) is 18.1 Å². The molecule has 0 aliphatic carbocycles. The summed E-state index contributed by atoms with van der Waals surface area (Å²) in [7, 11) is 0. The van der Waals surface area contributed by atoms with Gasteiger partial charge in [0.25, 0.3) is 0 Å². The molecule has 1 amide bonds. The number of halogens is 3. The quantitative estimate of drug-likeness (QED) is 0.559. The summed E-state index contributed by atoms with van der Waals surface area (Å²) >= 11 is 0. The largest absolute Gasteiger partial charge is 0.416 e. The topological polar surface area (TPSA) is 89.8 Å². The van der Waals surface area contributed by atoms with Gasteiger partial charge in [-0.1, -0.05) is 6.07 Å². The van der Waals surface area contributed by atoms with Crippen molar-refractivity contribution in [1.82, 2.24) is 9.97 Å². The molecule has 0 spiro atoms. The van der Waals surface area contributed by atoms with Crippen molar-refractivity contribution < 1.29 is 18.0 Å². The van der Waals surface area contributed by atoms with E-state index in [1.54, 1.807) is 25.1 Å². The lowest BCUT2D eigenvalue weighted by Crippen LogP contribution is -2.32. The van der Waals surface area contributed by atoms with Crippen molar-refractivity contribution in [3.05, 3.63) is 58.0 Å². The molecule has 1 atom stereocenters. The van der Waals surface area contributed by atoms with E-state index < -0.39 is 23.7 Å². The first-order valence-corrected chi connectivity index (χ1v) is 8.11. The summed E-state index contributed by atoms with van der Waals surface area (Å²) in [5.41, 5.74) is 0.789. The number of imidazole rings is 1. The predicted octanol–water partition coefficient (Wildman–Crippen LogP) is 3.62. The van der Waals surface area contributed by atoms with Crippen LogP contribution in [0.2, 0.25) is 0 Å². The lowest BCUT2D eigenvalue weighted by Gasteiger charge is -2.17. The molecule has 3 rings (SSSR count). The lowest BCUT2D eigenvalue weighted by molar-refractivity contribution is -0.138. The molecule has 27 heavy (non-hydrogen) atoms. The van der Waals surface area contributed by atoms with Gasteiger partial charge in [0, 0.05) is 11.4 Å². The predicted molar refractivity (Wildman–Crippen MR) is 96.8 cm³/mol. The Morgan fingerprint density at radius 1 is 1.04 bits per heavy atom. The summed E-state index contributed by atoms with van der Waals surface area (Å²) in [5.74, 6) is -0.429. The fraction of sp³-hybridized carbons (Fsp3) is 0.222. The third-order valence-electron chi connectivity index (χ3n) is 4.10. The van der Waals surface area contributed by atoms with Crippen molar-refractivity contribution in [1.29, 1.82) is 0 Å². The molecule has 0 bridgehead atoms. The van der Waals surface area contributed by atoms with Gasteiger partial charge in [-0.05, 0) is 49.7 Å². The molecule has 9 heteroatoms. The fourth-order valence-electron chi connectivity index (χ4n) is 2.69. The first kappa shape index (κ1) is 18.6. The number of aromatic amines is 2.